The van der Waals surface area contributed by atoms with Crippen molar-refractivity contribution in [1.29, 1.82) is 0 Å². The molecule has 0 aliphatic heterocycles. The number of nitrogens with zero attached hydrogens (tertiary/aromatic N) is 2. The molecule has 0 aliphatic carbocycles. The van der Waals surface area contributed by atoms with Crippen LogP contribution in [0.1, 0.15) is 16.7 Å². The Balaban J connectivity index is 1.03. The van der Waals surface area contributed by atoms with Gasteiger partial charge in [-0.05, 0) is 157 Å². The number of anilines is 6. The molecule has 0 saturated heterocycles. The maximum atomic E-state index is 6.71. The number of hydrogen-bond donors (Lipinski definition) is 0. The molecule has 0 radical (unpaired) electrons. The minimum atomic E-state index is 0.862. The van der Waals surface area contributed by atoms with Crippen molar-refractivity contribution in [2.45, 2.75) is 20.8 Å². The summed E-state index contributed by atoms with van der Waals surface area (Å²) >= 11 is 0. The highest BCUT2D eigenvalue weighted by molar-refractivity contribution is 6.20. The van der Waals surface area contributed by atoms with Gasteiger partial charge in [-0.3, -0.25) is 0 Å². The lowest BCUT2D eigenvalue weighted by Crippen LogP contribution is -2.09. The molecule has 11 rings (SSSR count). The third-order valence-electron chi connectivity index (χ3n) is 11.4. The number of benzene rings is 9. The molecule has 0 atom stereocenters. The molecule has 4 nitrogen and oxygen atoms in total. The van der Waals surface area contributed by atoms with E-state index in [-0.39, 0.29) is 0 Å². The minimum absolute atomic E-state index is 0.862. The molecule has 4 heteroatoms. The Hall–Kier alpha value is -7.30. The summed E-state index contributed by atoms with van der Waals surface area (Å²) in [5.41, 5.74) is 13.6. The second-order valence-corrected chi connectivity index (χ2v) is 15.2. The van der Waals surface area contributed by atoms with Gasteiger partial charge in [-0.2, -0.15) is 0 Å². The average molecular weight is 735 g/mol. The summed E-state index contributed by atoms with van der Waals surface area (Å²) in [6.07, 6.45) is 0. The maximum Gasteiger partial charge on any atom is 0.142 e. The minimum Gasteiger partial charge on any atom is -0.456 e. The van der Waals surface area contributed by atoms with Gasteiger partial charge in [0.2, 0.25) is 0 Å². The number of aryl methyl sites for hydroxylation is 3. The van der Waals surface area contributed by atoms with Crippen LogP contribution in [-0.4, -0.2) is 0 Å². The first-order valence-electron chi connectivity index (χ1n) is 19.5. The van der Waals surface area contributed by atoms with Crippen LogP contribution in [0.2, 0.25) is 0 Å². The lowest BCUT2D eigenvalue weighted by molar-refractivity contribution is 0.651. The molecule has 0 bridgehead atoms. The fourth-order valence-corrected chi connectivity index (χ4v) is 8.64. The number of fused-ring (bicyclic) bond motifs is 8. The molecular weight excluding hydrogens is 697 g/mol. The van der Waals surface area contributed by atoms with Gasteiger partial charge in [0.1, 0.15) is 22.3 Å². The lowest BCUT2D eigenvalue weighted by atomic mass is 10.0. The standard InChI is InChI=1S/C53H38N2O2/c1-33-12-10-18-42(24-33)54(40-14-6-4-7-15-40)44-22-20-36-28-46-48-32-49-47-29-37-21-23-45(55(41-16-8-5-9-17-41)43-19-11-13-34(2)25-43)27-39(37)31-51(47)57-53(49)35(3)52(48)56-50(46)30-38(36)26-44/h4-32H,1-3H3. The molecule has 0 amide bonds. The van der Waals surface area contributed by atoms with Gasteiger partial charge in [-0.15, -0.1) is 0 Å². The highest BCUT2D eigenvalue weighted by Crippen LogP contribution is 2.44. The first-order chi connectivity index (χ1) is 27.9. The fourth-order valence-electron chi connectivity index (χ4n) is 8.64. The summed E-state index contributed by atoms with van der Waals surface area (Å²) in [5.74, 6) is 0. The molecule has 0 fully saturated rings. The van der Waals surface area contributed by atoms with Crippen molar-refractivity contribution in [3.05, 3.63) is 193 Å². The second kappa shape index (κ2) is 12.9. The summed E-state index contributed by atoms with van der Waals surface area (Å²) < 4.78 is 13.4. The van der Waals surface area contributed by atoms with E-state index in [0.717, 1.165) is 105 Å². The molecule has 0 N–H and O–H groups in total. The average Bonchev–Trinajstić information content (AvgIpc) is 3.78. The van der Waals surface area contributed by atoms with Gasteiger partial charge in [-0.1, -0.05) is 72.8 Å². The van der Waals surface area contributed by atoms with E-state index in [1.165, 1.54) is 11.1 Å². The van der Waals surface area contributed by atoms with Crippen molar-refractivity contribution in [3.63, 3.8) is 0 Å². The van der Waals surface area contributed by atoms with Crippen LogP contribution >= 0.6 is 0 Å². The highest BCUT2D eigenvalue weighted by Gasteiger charge is 2.20. The lowest BCUT2D eigenvalue weighted by Gasteiger charge is -2.26. The van der Waals surface area contributed by atoms with E-state index in [9.17, 15) is 0 Å². The SMILES string of the molecule is Cc1cccc(N(c2ccccc2)c2ccc3cc4c(cc3c2)oc2c(C)c3oc5cc6cc(N(c7ccccc7)c7cccc(C)c7)ccc6cc5c3cc24)c1. The summed E-state index contributed by atoms with van der Waals surface area (Å²) in [7, 11) is 0. The number of furan rings is 2. The first kappa shape index (κ1) is 33.1. The normalized spacial score (nSPS) is 11.8. The molecule has 0 unspecified atom stereocenters. The molecule has 0 aliphatic rings. The predicted octanol–water partition coefficient (Wildman–Crippen LogP) is 15.7. The van der Waals surface area contributed by atoms with Crippen LogP contribution < -0.4 is 9.80 Å². The molecule has 0 spiro atoms. The number of rotatable bonds is 6. The van der Waals surface area contributed by atoms with E-state index in [0.29, 0.717) is 0 Å². The Labute approximate surface area is 330 Å². The van der Waals surface area contributed by atoms with Crippen molar-refractivity contribution in [3.8, 4) is 0 Å². The largest absolute Gasteiger partial charge is 0.456 e. The quantitative estimate of drug-likeness (QED) is 0.170. The van der Waals surface area contributed by atoms with E-state index in [2.05, 4.69) is 206 Å². The molecular formula is C53H38N2O2. The van der Waals surface area contributed by atoms with Crippen LogP contribution in [0.5, 0.6) is 0 Å². The second-order valence-electron chi connectivity index (χ2n) is 15.2. The van der Waals surface area contributed by atoms with E-state index < -0.39 is 0 Å². The topological polar surface area (TPSA) is 32.8 Å². The van der Waals surface area contributed by atoms with Crippen LogP contribution in [0, 0.1) is 20.8 Å². The third kappa shape index (κ3) is 5.52. The van der Waals surface area contributed by atoms with Crippen LogP contribution in [-0.2, 0) is 0 Å². The highest BCUT2D eigenvalue weighted by atomic mass is 16.3. The Kier molecular flexibility index (Phi) is 7.48. The summed E-state index contributed by atoms with van der Waals surface area (Å²) in [5, 5.41) is 8.98. The van der Waals surface area contributed by atoms with Crippen molar-refractivity contribution in [2.75, 3.05) is 9.80 Å². The van der Waals surface area contributed by atoms with Gasteiger partial charge < -0.3 is 18.6 Å². The molecule has 9 aromatic carbocycles. The van der Waals surface area contributed by atoms with Gasteiger partial charge in [0.15, 0.2) is 0 Å². The van der Waals surface area contributed by atoms with Crippen molar-refractivity contribution >= 4 is 99.5 Å². The summed E-state index contributed by atoms with van der Waals surface area (Å²) in [4.78, 5) is 4.62. The van der Waals surface area contributed by atoms with Crippen molar-refractivity contribution in [2.24, 2.45) is 0 Å². The van der Waals surface area contributed by atoms with Crippen molar-refractivity contribution < 1.29 is 8.83 Å². The Bertz CT molecular complexity index is 3120. The van der Waals surface area contributed by atoms with Crippen LogP contribution in [0.3, 0.4) is 0 Å². The molecule has 2 heterocycles. The fraction of sp³-hybridized carbons (Fsp3) is 0.0566. The zero-order valence-electron chi connectivity index (χ0n) is 32.0. The Morgan fingerprint density at radius 3 is 1.18 bits per heavy atom. The molecule has 57 heavy (non-hydrogen) atoms. The number of hydrogen-bond acceptors (Lipinski definition) is 4. The summed E-state index contributed by atoms with van der Waals surface area (Å²) in [6.45, 7) is 6.39. The van der Waals surface area contributed by atoms with Crippen LogP contribution in [0.15, 0.2) is 185 Å². The molecule has 11 aromatic rings. The van der Waals surface area contributed by atoms with Gasteiger partial charge >= 0.3 is 0 Å². The van der Waals surface area contributed by atoms with Gasteiger partial charge in [0, 0.05) is 61.2 Å². The Morgan fingerprint density at radius 1 is 0.316 bits per heavy atom. The van der Waals surface area contributed by atoms with E-state index >= 15 is 0 Å². The molecule has 0 saturated carbocycles. The van der Waals surface area contributed by atoms with Gasteiger partial charge in [-0.25, -0.2) is 0 Å². The van der Waals surface area contributed by atoms with E-state index in [1.54, 1.807) is 0 Å². The number of para-hydroxylation sites is 2. The molecule has 272 valence electrons. The van der Waals surface area contributed by atoms with Crippen LogP contribution in [0.4, 0.5) is 34.1 Å². The maximum absolute atomic E-state index is 6.71. The van der Waals surface area contributed by atoms with E-state index in [1.807, 2.05) is 0 Å². The van der Waals surface area contributed by atoms with Crippen molar-refractivity contribution in [1.82, 2.24) is 0 Å². The summed E-state index contributed by atoms with van der Waals surface area (Å²) in [6, 6.07) is 63.0. The van der Waals surface area contributed by atoms with Crippen LogP contribution in [0.25, 0.3) is 65.4 Å². The first-order valence-corrected chi connectivity index (χ1v) is 19.5. The molecule has 2 aromatic heterocycles. The zero-order valence-corrected chi connectivity index (χ0v) is 32.0. The van der Waals surface area contributed by atoms with E-state index in [4.69, 9.17) is 8.83 Å². The third-order valence-corrected chi connectivity index (χ3v) is 11.4. The van der Waals surface area contributed by atoms with Gasteiger partial charge in [0.25, 0.3) is 0 Å². The zero-order chi connectivity index (χ0) is 38.2. The van der Waals surface area contributed by atoms with Gasteiger partial charge in [0.05, 0.1) is 0 Å². The predicted molar refractivity (Wildman–Crippen MR) is 240 cm³/mol. The smallest absolute Gasteiger partial charge is 0.142 e. The Morgan fingerprint density at radius 2 is 0.737 bits per heavy atom. The monoisotopic (exact) mass is 734 g/mol.